The van der Waals surface area contributed by atoms with Gasteiger partial charge in [0.1, 0.15) is 5.75 Å². The van der Waals surface area contributed by atoms with Crippen molar-refractivity contribution in [2.75, 3.05) is 0 Å². The molecule has 0 amide bonds. The molecule has 2 N–H and O–H groups in total. The third-order valence-electron chi connectivity index (χ3n) is 2.48. The Bertz CT molecular complexity index is 470. The van der Waals surface area contributed by atoms with E-state index in [0.29, 0.717) is 17.7 Å². The normalized spacial score (nSPS) is 11.9. The second kappa shape index (κ2) is 6.70. The van der Waals surface area contributed by atoms with Gasteiger partial charge < -0.3 is 10.5 Å². The minimum absolute atomic E-state index is 0.122. The SMILES string of the molecule is CCC/C(C#N)=C(/N)c1cccc(OC(C)C)c1. The molecule has 96 valence electrons. The number of ether oxygens (including phenoxy) is 1. The molecule has 0 fully saturated rings. The molecule has 0 aliphatic rings. The first-order chi connectivity index (χ1) is 8.58. The van der Waals surface area contributed by atoms with Crippen LogP contribution >= 0.6 is 0 Å². The summed E-state index contributed by atoms with van der Waals surface area (Å²) in [7, 11) is 0. The van der Waals surface area contributed by atoms with Gasteiger partial charge in [-0.1, -0.05) is 25.5 Å². The first-order valence-corrected chi connectivity index (χ1v) is 6.24. The first kappa shape index (κ1) is 14.1. The molecule has 0 heterocycles. The first-order valence-electron chi connectivity index (χ1n) is 6.24. The zero-order chi connectivity index (χ0) is 13.5. The summed E-state index contributed by atoms with van der Waals surface area (Å²) in [4.78, 5) is 0. The van der Waals surface area contributed by atoms with Crippen LogP contribution in [0.4, 0.5) is 0 Å². The van der Waals surface area contributed by atoms with E-state index < -0.39 is 0 Å². The molecule has 3 heteroatoms. The second-order valence-electron chi connectivity index (χ2n) is 4.45. The maximum Gasteiger partial charge on any atom is 0.120 e. The van der Waals surface area contributed by atoms with Crippen LogP contribution < -0.4 is 10.5 Å². The van der Waals surface area contributed by atoms with Crippen LogP contribution in [0.15, 0.2) is 29.8 Å². The summed E-state index contributed by atoms with van der Waals surface area (Å²) in [6.45, 7) is 5.98. The fourth-order valence-electron chi connectivity index (χ4n) is 1.68. The van der Waals surface area contributed by atoms with Gasteiger partial charge in [0.05, 0.1) is 23.4 Å². The van der Waals surface area contributed by atoms with Gasteiger partial charge in [-0.3, -0.25) is 0 Å². The molecule has 0 radical (unpaired) electrons. The summed E-state index contributed by atoms with van der Waals surface area (Å²) in [5.74, 6) is 0.777. The van der Waals surface area contributed by atoms with E-state index in [2.05, 4.69) is 6.07 Å². The Labute approximate surface area is 109 Å². The molecule has 0 bridgehead atoms. The van der Waals surface area contributed by atoms with Crippen LogP contribution in [0.2, 0.25) is 0 Å². The highest BCUT2D eigenvalue weighted by Gasteiger charge is 2.06. The van der Waals surface area contributed by atoms with E-state index >= 15 is 0 Å². The number of rotatable bonds is 5. The van der Waals surface area contributed by atoms with Crippen LogP contribution in [-0.4, -0.2) is 6.10 Å². The Kier molecular flexibility index (Phi) is 5.26. The lowest BCUT2D eigenvalue weighted by atomic mass is 10.0. The fraction of sp³-hybridized carbons (Fsp3) is 0.400. The maximum absolute atomic E-state index is 9.08. The van der Waals surface area contributed by atoms with Gasteiger partial charge in [0.15, 0.2) is 0 Å². The Morgan fingerprint density at radius 1 is 1.44 bits per heavy atom. The van der Waals surface area contributed by atoms with Gasteiger partial charge in [0, 0.05) is 5.56 Å². The van der Waals surface area contributed by atoms with Crippen molar-refractivity contribution < 1.29 is 4.74 Å². The Hall–Kier alpha value is -1.95. The minimum Gasteiger partial charge on any atom is -0.491 e. The lowest BCUT2D eigenvalue weighted by Crippen LogP contribution is -2.06. The van der Waals surface area contributed by atoms with E-state index in [-0.39, 0.29) is 6.10 Å². The lowest BCUT2D eigenvalue weighted by molar-refractivity contribution is 0.242. The summed E-state index contributed by atoms with van der Waals surface area (Å²) >= 11 is 0. The number of nitriles is 1. The van der Waals surface area contributed by atoms with Gasteiger partial charge in [0.25, 0.3) is 0 Å². The van der Waals surface area contributed by atoms with Gasteiger partial charge in [-0.2, -0.15) is 5.26 Å². The van der Waals surface area contributed by atoms with E-state index in [1.165, 1.54) is 0 Å². The van der Waals surface area contributed by atoms with E-state index in [1.807, 2.05) is 45.0 Å². The molecule has 0 aromatic heterocycles. The highest BCUT2D eigenvalue weighted by atomic mass is 16.5. The molecule has 0 saturated carbocycles. The number of hydrogen-bond acceptors (Lipinski definition) is 3. The molecule has 0 aliphatic carbocycles. The van der Waals surface area contributed by atoms with Crippen molar-refractivity contribution >= 4 is 5.70 Å². The molecule has 3 nitrogen and oxygen atoms in total. The highest BCUT2D eigenvalue weighted by Crippen LogP contribution is 2.22. The molecule has 0 aliphatic heterocycles. The lowest BCUT2D eigenvalue weighted by Gasteiger charge is -2.11. The van der Waals surface area contributed by atoms with Crippen LogP contribution in [0.3, 0.4) is 0 Å². The van der Waals surface area contributed by atoms with Crippen molar-refractivity contribution in [1.82, 2.24) is 0 Å². The quantitative estimate of drug-likeness (QED) is 0.807. The van der Waals surface area contributed by atoms with Gasteiger partial charge in [-0.25, -0.2) is 0 Å². The zero-order valence-corrected chi connectivity index (χ0v) is 11.2. The van der Waals surface area contributed by atoms with Crippen molar-refractivity contribution in [1.29, 1.82) is 5.26 Å². The molecule has 18 heavy (non-hydrogen) atoms. The monoisotopic (exact) mass is 244 g/mol. The molecule has 1 rings (SSSR count). The predicted molar refractivity (Wildman–Crippen MR) is 73.8 cm³/mol. The highest BCUT2D eigenvalue weighted by molar-refractivity contribution is 5.69. The molecule has 0 atom stereocenters. The summed E-state index contributed by atoms with van der Waals surface area (Å²) in [5, 5.41) is 9.08. The van der Waals surface area contributed by atoms with Crippen LogP contribution in [0.1, 0.15) is 39.2 Å². The number of allylic oxidation sites excluding steroid dienone is 1. The van der Waals surface area contributed by atoms with E-state index in [1.54, 1.807) is 0 Å². The third kappa shape index (κ3) is 3.81. The van der Waals surface area contributed by atoms with Gasteiger partial charge in [-0.05, 0) is 32.4 Å². The van der Waals surface area contributed by atoms with Crippen molar-refractivity contribution in [3.63, 3.8) is 0 Å². The van der Waals surface area contributed by atoms with E-state index in [4.69, 9.17) is 15.7 Å². The Morgan fingerprint density at radius 3 is 2.72 bits per heavy atom. The number of hydrogen-bond donors (Lipinski definition) is 1. The van der Waals surface area contributed by atoms with Crippen LogP contribution in [0.25, 0.3) is 5.70 Å². The van der Waals surface area contributed by atoms with Crippen molar-refractivity contribution in [3.8, 4) is 11.8 Å². The second-order valence-corrected chi connectivity index (χ2v) is 4.45. The average Bonchev–Trinajstić information content (AvgIpc) is 2.34. The van der Waals surface area contributed by atoms with Gasteiger partial charge in [0.2, 0.25) is 0 Å². The minimum atomic E-state index is 0.122. The van der Waals surface area contributed by atoms with E-state index in [0.717, 1.165) is 17.7 Å². The molecule has 0 spiro atoms. The topological polar surface area (TPSA) is 59.0 Å². The van der Waals surface area contributed by atoms with Crippen LogP contribution in [0.5, 0.6) is 5.75 Å². The standard InChI is InChI=1S/C15H20N2O/c1-4-6-13(10-16)15(17)12-7-5-8-14(9-12)18-11(2)3/h5,7-9,11H,4,6,17H2,1-3H3/b15-13-. The molecule has 1 aromatic rings. The molecule has 1 aromatic carbocycles. The smallest absolute Gasteiger partial charge is 0.120 e. The summed E-state index contributed by atoms with van der Waals surface area (Å²) in [5.41, 5.74) is 8.07. The van der Waals surface area contributed by atoms with Crippen LogP contribution in [0, 0.1) is 11.3 Å². The third-order valence-corrected chi connectivity index (χ3v) is 2.48. The number of nitrogens with two attached hydrogens (primary N) is 1. The fourth-order valence-corrected chi connectivity index (χ4v) is 1.68. The molecule has 0 saturated heterocycles. The molecular formula is C15H20N2O. The summed E-state index contributed by atoms with van der Waals surface area (Å²) < 4.78 is 5.62. The maximum atomic E-state index is 9.08. The largest absolute Gasteiger partial charge is 0.491 e. The van der Waals surface area contributed by atoms with E-state index in [9.17, 15) is 0 Å². The van der Waals surface area contributed by atoms with Gasteiger partial charge in [-0.15, -0.1) is 0 Å². The van der Waals surface area contributed by atoms with Gasteiger partial charge >= 0.3 is 0 Å². The van der Waals surface area contributed by atoms with Crippen molar-refractivity contribution in [2.24, 2.45) is 5.73 Å². The Morgan fingerprint density at radius 2 is 2.17 bits per heavy atom. The van der Waals surface area contributed by atoms with Crippen molar-refractivity contribution in [2.45, 2.75) is 39.7 Å². The predicted octanol–water partition coefficient (Wildman–Crippen LogP) is 3.47. The molecule has 0 unspecified atom stereocenters. The van der Waals surface area contributed by atoms with Crippen LogP contribution in [-0.2, 0) is 0 Å². The average molecular weight is 244 g/mol. The number of nitrogens with zero attached hydrogens (tertiary/aromatic N) is 1. The molecular weight excluding hydrogens is 224 g/mol. The van der Waals surface area contributed by atoms with Crippen molar-refractivity contribution in [3.05, 3.63) is 35.4 Å². The summed E-state index contributed by atoms with van der Waals surface area (Å²) in [6.07, 6.45) is 1.74. The Balaban J connectivity index is 3.06. The number of benzene rings is 1. The summed E-state index contributed by atoms with van der Waals surface area (Å²) in [6, 6.07) is 9.73. The zero-order valence-electron chi connectivity index (χ0n) is 11.2.